The molecule has 2 rings (SSSR count). The molecule has 1 amide bonds. The number of amides is 1. The van der Waals surface area contributed by atoms with Gasteiger partial charge in [0, 0.05) is 23.4 Å². The zero-order valence-electron chi connectivity index (χ0n) is 11.2. The summed E-state index contributed by atoms with van der Waals surface area (Å²) >= 11 is 3.07. The van der Waals surface area contributed by atoms with Crippen LogP contribution in [0.3, 0.4) is 0 Å². The molecule has 0 radical (unpaired) electrons. The van der Waals surface area contributed by atoms with Gasteiger partial charge < -0.3 is 15.2 Å². The Balaban J connectivity index is 1.87. The normalized spacial score (nSPS) is 12.0. The molecule has 0 aliphatic heterocycles. The number of carbonyl (C=O) groups is 2. The number of carboxylic acid groups (broad SMARTS) is 1. The van der Waals surface area contributed by atoms with Crippen molar-refractivity contribution in [2.75, 3.05) is 13.7 Å². The first kappa shape index (κ1) is 15.6. The fourth-order valence-electron chi connectivity index (χ4n) is 1.61. The maximum atomic E-state index is 11.8. The molecule has 1 atom stereocenters. The number of thiazole rings is 1. The number of carboxylic acids is 1. The highest BCUT2D eigenvalue weighted by molar-refractivity contribution is 7.14. The van der Waals surface area contributed by atoms with Crippen LogP contribution in [-0.2, 0) is 20.7 Å². The third-order valence-electron chi connectivity index (χ3n) is 2.71. The fraction of sp³-hybridized carbons (Fsp3) is 0.308. The minimum Gasteiger partial charge on any atom is -0.479 e. The molecule has 8 heteroatoms. The molecule has 2 aromatic heterocycles. The Morgan fingerprint density at radius 2 is 2.29 bits per heavy atom. The van der Waals surface area contributed by atoms with Gasteiger partial charge in [-0.2, -0.15) is 11.3 Å². The number of hydrogen-bond acceptors (Lipinski definition) is 6. The molecule has 0 aliphatic rings. The van der Waals surface area contributed by atoms with E-state index in [1.165, 1.54) is 18.4 Å². The second-order valence-electron chi connectivity index (χ2n) is 4.20. The average molecular weight is 326 g/mol. The van der Waals surface area contributed by atoms with Gasteiger partial charge in [0.15, 0.2) is 6.10 Å². The molecule has 0 aliphatic carbocycles. The smallest absolute Gasteiger partial charge is 0.334 e. The number of nitrogens with one attached hydrogen (secondary N) is 1. The summed E-state index contributed by atoms with van der Waals surface area (Å²) in [5, 5.41) is 18.0. The Bertz CT molecular complexity index is 609. The quantitative estimate of drug-likeness (QED) is 0.807. The number of methoxy groups -OCH3 is 1. The number of ether oxygens (including phenoxy) is 1. The van der Waals surface area contributed by atoms with Crippen LogP contribution >= 0.6 is 22.7 Å². The van der Waals surface area contributed by atoms with Crippen molar-refractivity contribution < 1.29 is 19.4 Å². The van der Waals surface area contributed by atoms with Crippen molar-refractivity contribution in [3.63, 3.8) is 0 Å². The minimum absolute atomic E-state index is 0.0633. The number of rotatable bonds is 7. The number of nitrogens with zero attached hydrogens (tertiary/aromatic N) is 1. The predicted molar refractivity (Wildman–Crippen MR) is 80.6 cm³/mol. The monoisotopic (exact) mass is 326 g/mol. The molecule has 2 heterocycles. The summed E-state index contributed by atoms with van der Waals surface area (Å²) in [5.41, 5.74) is 1.71. The molecule has 0 aromatic carbocycles. The van der Waals surface area contributed by atoms with Crippen LogP contribution in [0.1, 0.15) is 5.69 Å². The molecule has 0 fully saturated rings. The molecule has 2 N–H and O–H groups in total. The lowest BCUT2D eigenvalue weighted by Crippen LogP contribution is -2.38. The summed E-state index contributed by atoms with van der Waals surface area (Å²) in [6.07, 6.45) is -0.915. The van der Waals surface area contributed by atoms with E-state index >= 15 is 0 Å². The van der Waals surface area contributed by atoms with Gasteiger partial charge in [0.1, 0.15) is 5.01 Å². The molecule has 112 valence electrons. The van der Waals surface area contributed by atoms with Crippen molar-refractivity contribution in [1.82, 2.24) is 10.3 Å². The first-order valence-corrected chi connectivity index (χ1v) is 7.91. The van der Waals surface area contributed by atoms with Crippen LogP contribution in [0.2, 0.25) is 0 Å². The number of aliphatic carboxylic acids is 1. The van der Waals surface area contributed by atoms with Gasteiger partial charge in [-0.1, -0.05) is 0 Å². The SMILES string of the molecule is COC(CNC(=O)Cc1csc(-c2ccsc2)n1)C(=O)O. The molecule has 0 bridgehead atoms. The number of carbonyl (C=O) groups excluding carboxylic acids is 1. The zero-order chi connectivity index (χ0) is 15.2. The summed E-state index contributed by atoms with van der Waals surface area (Å²) in [6.45, 7) is -0.0633. The Hall–Kier alpha value is -1.77. The van der Waals surface area contributed by atoms with Gasteiger partial charge in [-0.25, -0.2) is 9.78 Å². The summed E-state index contributed by atoms with van der Waals surface area (Å²) in [4.78, 5) is 26.9. The minimum atomic E-state index is -1.11. The van der Waals surface area contributed by atoms with E-state index in [-0.39, 0.29) is 18.9 Å². The van der Waals surface area contributed by atoms with Crippen LogP contribution in [0.4, 0.5) is 0 Å². The molecule has 1 unspecified atom stereocenters. The van der Waals surface area contributed by atoms with E-state index in [2.05, 4.69) is 10.3 Å². The molecule has 6 nitrogen and oxygen atoms in total. The van der Waals surface area contributed by atoms with E-state index in [0.717, 1.165) is 10.6 Å². The maximum absolute atomic E-state index is 11.8. The lowest BCUT2D eigenvalue weighted by atomic mass is 10.3. The zero-order valence-corrected chi connectivity index (χ0v) is 12.9. The summed E-state index contributed by atoms with van der Waals surface area (Å²) in [5.74, 6) is -1.38. The van der Waals surface area contributed by atoms with E-state index in [1.54, 1.807) is 11.3 Å². The molecule has 0 spiro atoms. The van der Waals surface area contributed by atoms with Crippen LogP contribution in [0.25, 0.3) is 10.6 Å². The summed E-state index contributed by atoms with van der Waals surface area (Å²) < 4.78 is 4.74. The largest absolute Gasteiger partial charge is 0.479 e. The fourth-order valence-corrected chi connectivity index (χ4v) is 3.14. The first-order valence-electron chi connectivity index (χ1n) is 6.09. The van der Waals surface area contributed by atoms with Crippen molar-refractivity contribution in [2.45, 2.75) is 12.5 Å². The maximum Gasteiger partial charge on any atom is 0.334 e. The Labute approximate surface area is 129 Å². The molecule has 21 heavy (non-hydrogen) atoms. The van der Waals surface area contributed by atoms with Gasteiger partial charge in [-0.05, 0) is 11.4 Å². The van der Waals surface area contributed by atoms with Crippen LogP contribution in [-0.4, -0.2) is 41.7 Å². The van der Waals surface area contributed by atoms with Crippen LogP contribution < -0.4 is 5.32 Å². The lowest BCUT2D eigenvalue weighted by Gasteiger charge is -2.10. The van der Waals surface area contributed by atoms with Crippen molar-refractivity contribution in [2.24, 2.45) is 0 Å². The van der Waals surface area contributed by atoms with E-state index < -0.39 is 12.1 Å². The highest BCUT2D eigenvalue weighted by atomic mass is 32.1. The van der Waals surface area contributed by atoms with Gasteiger partial charge in [0.2, 0.25) is 5.91 Å². The second kappa shape index (κ2) is 7.30. The van der Waals surface area contributed by atoms with Gasteiger partial charge in [0.05, 0.1) is 18.7 Å². The second-order valence-corrected chi connectivity index (χ2v) is 5.84. The van der Waals surface area contributed by atoms with Crippen molar-refractivity contribution in [1.29, 1.82) is 0 Å². The molecule has 2 aromatic rings. The number of thiophene rings is 1. The Morgan fingerprint density at radius 3 is 2.90 bits per heavy atom. The van der Waals surface area contributed by atoms with Gasteiger partial charge in [-0.3, -0.25) is 4.79 Å². The van der Waals surface area contributed by atoms with E-state index in [0.29, 0.717) is 5.69 Å². The van der Waals surface area contributed by atoms with E-state index in [4.69, 9.17) is 9.84 Å². The summed E-state index contributed by atoms with van der Waals surface area (Å²) in [6, 6.07) is 1.98. The van der Waals surface area contributed by atoms with E-state index in [1.807, 2.05) is 22.2 Å². The van der Waals surface area contributed by atoms with Crippen molar-refractivity contribution in [3.05, 3.63) is 27.9 Å². The van der Waals surface area contributed by atoms with Crippen LogP contribution in [0.15, 0.2) is 22.2 Å². The first-order chi connectivity index (χ1) is 10.1. The molecule has 0 saturated heterocycles. The molecular weight excluding hydrogens is 312 g/mol. The third-order valence-corrected chi connectivity index (χ3v) is 4.33. The lowest BCUT2D eigenvalue weighted by molar-refractivity contribution is -0.148. The Morgan fingerprint density at radius 1 is 1.48 bits per heavy atom. The number of hydrogen-bond donors (Lipinski definition) is 2. The van der Waals surface area contributed by atoms with Crippen molar-refractivity contribution >= 4 is 34.6 Å². The highest BCUT2D eigenvalue weighted by Crippen LogP contribution is 2.25. The van der Waals surface area contributed by atoms with Gasteiger partial charge >= 0.3 is 5.97 Å². The topological polar surface area (TPSA) is 88.5 Å². The third kappa shape index (κ3) is 4.35. The molecular formula is C13H14N2O4S2. The highest BCUT2D eigenvalue weighted by Gasteiger charge is 2.17. The summed E-state index contributed by atoms with van der Waals surface area (Å²) in [7, 11) is 1.29. The number of aromatic nitrogens is 1. The predicted octanol–water partition coefficient (Wildman–Crippen LogP) is 1.63. The average Bonchev–Trinajstić information content (AvgIpc) is 3.09. The Kier molecular flexibility index (Phi) is 5.43. The van der Waals surface area contributed by atoms with Crippen molar-refractivity contribution in [3.8, 4) is 10.6 Å². The molecule has 0 saturated carbocycles. The van der Waals surface area contributed by atoms with Gasteiger partial charge in [-0.15, -0.1) is 11.3 Å². The van der Waals surface area contributed by atoms with Crippen LogP contribution in [0.5, 0.6) is 0 Å². The van der Waals surface area contributed by atoms with E-state index in [9.17, 15) is 9.59 Å². The standard InChI is InChI=1S/C13H14N2O4S2/c1-19-10(13(17)18)5-14-11(16)4-9-7-21-12(15-9)8-2-3-20-6-8/h2-3,6-7,10H,4-5H2,1H3,(H,14,16)(H,17,18). The van der Waals surface area contributed by atoms with Gasteiger partial charge in [0.25, 0.3) is 0 Å². The van der Waals surface area contributed by atoms with Crippen LogP contribution in [0, 0.1) is 0 Å².